The largest absolute Gasteiger partial charge is 0.465 e. The van der Waals surface area contributed by atoms with E-state index in [1.807, 2.05) is 20.8 Å². The molecule has 0 saturated carbocycles. The van der Waals surface area contributed by atoms with Crippen LogP contribution in [0.25, 0.3) is 0 Å². The van der Waals surface area contributed by atoms with Crippen LogP contribution in [0.3, 0.4) is 0 Å². The molecule has 17 heavy (non-hydrogen) atoms. The van der Waals surface area contributed by atoms with Crippen LogP contribution in [-0.4, -0.2) is 25.3 Å². The number of esters is 1. The minimum absolute atomic E-state index is 0.0833. The number of amides is 1. The van der Waals surface area contributed by atoms with Crippen molar-refractivity contribution in [3.63, 3.8) is 0 Å². The van der Waals surface area contributed by atoms with Crippen LogP contribution in [0.15, 0.2) is 12.2 Å². The number of primary amides is 1. The molecule has 5 heteroatoms. The first-order chi connectivity index (χ1) is 7.89. The van der Waals surface area contributed by atoms with E-state index < -0.39 is 11.5 Å². The minimum atomic E-state index is -0.839. The summed E-state index contributed by atoms with van der Waals surface area (Å²) in [5.41, 5.74) is 4.33. The van der Waals surface area contributed by atoms with Gasteiger partial charge in [-0.3, -0.25) is 4.79 Å². The Morgan fingerprint density at radius 2 is 1.71 bits per heavy atom. The number of carbonyl (C=O) groups excluding carboxylic acids is 2. The van der Waals surface area contributed by atoms with Crippen molar-refractivity contribution in [2.24, 2.45) is 11.1 Å². The lowest BCUT2D eigenvalue weighted by Crippen LogP contribution is -2.30. The monoisotopic (exact) mass is 245 g/mol. The van der Waals surface area contributed by atoms with Crippen LogP contribution in [-0.2, 0) is 14.3 Å². The van der Waals surface area contributed by atoms with Crippen molar-refractivity contribution in [2.45, 2.75) is 34.6 Å². The minimum Gasteiger partial charge on any atom is -0.465 e. The molecule has 1 atom stereocenters. The van der Waals surface area contributed by atoms with Gasteiger partial charge in [-0.25, -0.2) is 4.79 Å². The molecule has 0 bridgehead atoms. The molecule has 0 aromatic carbocycles. The number of allylic oxidation sites excluding steroid dienone is 1. The first kappa shape index (κ1) is 17.9. The summed E-state index contributed by atoms with van der Waals surface area (Å²) in [6.45, 7) is 9.19. The van der Waals surface area contributed by atoms with Crippen LogP contribution >= 0.6 is 0 Å². The second-order valence-corrected chi connectivity index (χ2v) is 3.54. The lowest BCUT2D eigenvalue weighted by Gasteiger charge is -2.24. The van der Waals surface area contributed by atoms with Gasteiger partial charge in [-0.05, 0) is 13.8 Å². The van der Waals surface area contributed by atoms with Crippen LogP contribution in [0.5, 0.6) is 0 Å². The van der Waals surface area contributed by atoms with Gasteiger partial charge in [0.25, 0.3) is 0 Å². The summed E-state index contributed by atoms with van der Waals surface area (Å²) in [6, 6.07) is 0. The number of hydrogen-bond acceptors (Lipinski definition) is 4. The summed E-state index contributed by atoms with van der Waals surface area (Å²) in [5, 5.41) is 0. The standard InChI is InChI=1S/C10H17NO4.C2H6/c1-4-5-10(3,6-14-8(2)12)7-15-9(11)13;1-2/h4-5H,6-7H2,1-3H3,(H2,11,13);1-2H3/b5-4-;. The van der Waals surface area contributed by atoms with E-state index in [1.54, 1.807) is 19.1 Å². The number of ether oxygens (including phenoxy) is 2. The van der Waals surface area contributed by atoms with Crippen molar-refractivity contribution < 1.29 is 19.1 Å². The van der Waals surface area contributed by atoms with E-state index in [4.69, 9.17) is 10.5 Å². The third-order valence-corrected chi connectivity index (χ3v) is 1.72. The SMILES string of the molecule is C/C=C\C(C)(COC(C)=O)COC(N)=O.CC. The highest BCUT2D eigenvalue weighted by atomic mass is 16.6. The van der Waals surface area contributed by atoms with E-state index in [1.165, 1.54) is 6.92 Å². The number of carbonyl (C=O) groups is 2. The van der Waals surface area contributed by atoms with Gasteiger partial charge in [-0.15, -0.1) is 0 Å². The van der Waals surface area contributed by atoms with Crippen molar-refractivity contribution in [2.75, 3.05) is 13.2 Å². The third kappa shape index (κ3) is 10.8. The molecule has 2 N–H and O–H groups in total. The smallest absolute Gasteiger partial charge is 0.404 e. The summed E-state index contributed by atoms with van der Waals surface area (Å²) in [4.78, 5) is 21.1. The van der Waals surface area contributed by atoms with Crippen LogP contribution < -0.4 is 5.73 Å². The molecule has 0 rings (SSSR count). The quantitative estimate of drug-likeness (QED) is 0.595. The van der Waals surface area contributed by atoms with Gasteiger partial charge in [-0.1, -0.05) is 26.0 Å². The predicted octanol–water partition coefficient (Wildman–Crippen LogP) is 2.25. The predicted molar refractivity (Wildman–Crippen MR) is 66.4 cm³/mol. The summed E-state index contributed by atoms with van der Waals surface area (Å²) in [5.74, 6) is -0.371. The van der Waals surface area contributed by atoms with Gasteiger partial charge in [0.15, 0.2) is 0 Å². The Hall–Kier alpha value is -1.52. The average Bonchev–Trinajstić information content (AvgIpc) is 2.27. The maximum Gasteiger partial charge on any atom is 0.404 e. The summed E-state index contributed by atoms with van der Waals surface area (Å²) in [7, 11) is 0. The molecule has 0 radical (unpaired) electrons. The molecule has 5 nitrogen and oxygen atoms in total. The topological polar surface area (TPSA) is 78.6 Å². The molecule has 1 unspecified atom stereocenters. The average molecular weight is 245 g/mol. The van der Waals surface area contributed by atoms with Gasteiger partial charge in [0.1, 0.15) is 13.2 Å². The molecule has 1 amide bonds. The van der Waals surface area contributed by atoms with Gasteiger partial charge < -0.3 is 15.2 Å². The van der Waals surface area contributed by atoms with E-state index in [9.17, 15) is 9.59 Å². The Morgan fingerprint density at radius 3 is 2.06 bits per heavy atom. The Morgan fingerprint density at radius 1 is 1.24 bits per heavy atom. The van der Waals surface area contributed by atoms with Crippen molar-refractivity contribution in [1.29, 1.82) is 0 Å². The fraction of sp³-hybridized carbons (Fsp3) is 0.667. The van der Waals surface area contributed by atoms with E-state index in [2.05, 4.69) is 4.74 Å². The second kappa shape index (κ2) is 9.69. The second-order valence-electron chi connectivity index (χ2n) is 3.54. The Balaban J connectivity index is 0. The van der Waals surface area contributed by atoms with Crippen molar-refractivity contribution in [3.05, 3.63) is 12.2 Å². The van der Waals surface area contributed by atoms with E-state index >= 15 is 0 Å². The highest BCUT2D eigenvalue weighted by Crippen LogP contribution is 2.19. The molecule has 0 aliphatic carbocycles. The van der Waals surface area contributed by atoms with Gasteiger partial charge in [0.05, 0.1) is 5.41 Å². The van der Waals surface area contributed by atoms with E-state index in [0.29, 0.717) is 0 Å². The van der Waals surface area contributed by atoms with Crippen LogP contribution in [0.4, 0.5) is 4.79 Å². The normalized spacial score (nSPS) is 13.2. The lowest BCUT2D eigenvalue weighted by molar-refractivity contribution is -0.143. The highest BCUT2D eigenvalue weighted by Gasteiger charge is 2.24. The van der Waals surface area contributed by atoms with Crippen molar-refractivity contribution >= 4 is 12.1 Å². The van der Waals surface area contributed by atoms with Crippen LogP contribution in [0.2, 0.25) is 0 Å². The third-order valence-electron chi connectivity index (χ3n) is 1.72. The molecule has 0 aliphatic rings. The fourth-order valence-corrected chi connectivity index (χ4v) is 1.04. The molecule has 0 spiro atoms. The van der Waals surface area contributed by atoms with Gasteiger partial charge in [0.2, 0.25) is 0 Å². The maximum atomic E-state index is 10.7. The maximum absolute atomic E-state index is 10.7. The molecular formula is C12H23NO4. The zero-order valence-corrected chi connectivity index (χ0v) is 11.3. The van der Waals surface area contributed by atoms with Gasteiger partial charge in [0, 0.05) is 6.92 Å². The molecule has 0 fully saturated rings. The molecule has 0 aliphatic heterocycles. The first-order valence-electron chi connectivity index (χ1n) is 5.59. The molecule has 0 aromatic rings. The first-order valence-corrected chi connectivity index (χ1v) is 5.59. The highest BCUT2D eigenvalue weighted by molar-refractivity contribution is 5.66. The van der Waals surface area contributed by atoms with Crippen LogP contribution in [0.1, 0.15) is 34.6 Å². The lowest BCUT2D eigenvalue weighted by atomic mass is 9.92. The Kier molecular flexibility index (Phi) is 10.2. The fourth-order valence-electron chi connectivity index (χ4n) is 1.04. The van der Waals surface area contributed by atoms with Crippen LogP contribution in [0, 0.1) is 5.41 Å². The summed E-state index contributed by atoms with van der Waals surface area (Å²) in [6.07, 6.45) is 2.76. The van der Waals surface area contributed by atoms with Crippen molar-refractivity contribution in [1.82, 2.24) is 0 Å². The van der Waals surface area contributed by atoms with E-state index in [-0.39, 0.29) is 19.2 Å². The molecular weight excluding hydrogens is 222 g/mol. The molecule has 0 heterocycles. The Bertz CT molecular complexity index is 243. The number of hydrogen-bond donors (Lipinski definition) is 1. The zero-order valence-electron chi connectivity index (χ0n) is 11.3. The zero-order chi connectivity index (χ0) is 13.9. The van der Waals surface area contributed by atoms with E-state index in [0.717, 1.165) is 0 Å². The van der Waals surface area contributed by atoms with Gasteiger partial charge >= 0.3 is 12.1 Å². The van der Waals surface area contributed by atoms with Crippen molar-refractivity contribution in [3.8, 4) is 0 Å². The summed E-state index contributed by atoms with van der Waals surface area (Å²) >= 11 is 0. The summed E-state index contributed by atoms with van der Waals surface area (Å²) < 4.78 is 9.56. The Labute approximate surface area is 103 Å². The molecule has 0 aromatic heterocycles. The number of nitrogens with two attached hydrogens (primary N) is 1. The molecule has 100 valence electrons. The number of rotatable bonds is 5. The molecule has 0 saturated heterocycles. The van der Waals surface area contributed by atoms with Gasteiger partial charge in [-0.2, -0.15) is 0 Å².